The maximum atomic E-state index is 13.0. The molecule has 0 unspecified atom stereocenters. The molecular formula is C15H14ClFN2O4. The fourth-order valence-electron chi connectivity index (χ4n) is 1.79. The van der Waals surface area contributed by atoms with Crippen molar-refractivity contribution in [2.75, 3.05) is 11.9 Å². The van der Waals surface area contributed by atoms with Crippen LogP contribution < -0.4 is 10.6 Å². The Labute approximate surface area is 136 Å². The van der Waals surface area contributed by atoms with Crippen molar-refractivity contribution < 1.29 is 23.5 Å². The molecule has 2 aromatic rings. The molecule has 3 N–H and O–H groups in total. The summed E-state index contributed by atoms with van der Waals surface area (Å²) in [5, 5.41) is 14.2. The van der Waals surface area contributed by atoms with Gasteiger partial charge in [-0.1, -0.05) is 11.6 Å². The van der Waals surface area contributed by atoms with Crippen LogP contribution in [0.5, 0.6) is 0 Å². The number of carbonyl (C=O) groups is 2. The molecule has 0 aliphatic heterocycles. The van der Waals surface area contributed by atoms with Crippen LogP contribution in [-0.4, -0.2) is 23.5 Å². The molecule has 0 spiro atoms. The van der Waals surface area contributed by atoms with Gasteiger partial charge in [0.2, 0.25) is 0 Å². The molecule has 0 saturated carbocycles. The lowest BCUT2D eigenvalue weighted by molar-refractivity contribution is -0.136. The van der Waals surface area contributed by atoms with Crippen molar-refractivity contribution in [3.05, 3.63) is 53.2 Å². The quantitative estimate of drug-likeness (QED) is 0.728. The van der Waals surface area contributed by atoms with E-state index < -0.39 is 23.7 Å². The van der Waals surface area contributed by atoms with E-state index in [0.29, 0.717) is 5.76 Å². The Bertz CT molecular complexity index is 691. The minimum atomic E-state index is -0.917. The van der Waals surface area contributed by atoms with Crippen LogP contribution in [0.2, 0.25) is 5.02 Å². The predicted octanol–water partition coefficient (Wildman–Crippen LogP) is 2.25. The summed E-state index contributed by atoms with van der Waals surface area (Å²) < 4.78 is 18.0. The van der Waals surface area contributed by atoms with E-state index in [1.165, 1.54) is 18.4 Å². The SMILES string of the molecule is O=C(NCC[C@@H](O)c1ccco1)C(=O)Nc1ccc(F)c(Cl)c1. The van der Waals surface area contributed by atoms with Crippen molar-refractivity contribution in [3.8, 4) is 0 Å². The number of halogens is 2. The molecule has 1 aromatic heterocycles. The highest BCUT2D eigenvalue weighted by Crippen LogP contribution is 2.19. The Morgan fingerprint density at radius 2 is 2.09 bits per heavy atom. The fourth-order valence-corrected chi connectivity index (χ4v) is 1.97. The van der Waals surface area contributed by atoms with E-state index in [0.717, 1.165) is 6.07 Å². The van der Waals surface area contributed by atoms with Gasteiger partial charge in [0.05, 0.1) is 11.3 Å². The number of aliphatic hydroxyl groups excluding tert-OH is 1. The molecule has 0 aliphatic rings. The van der Waals surface area contributed by atoms with Crippen molar-refractivity contribution in [1.29, 1.82) is 0 Å². The minimum absolute atomic E-state index is 0.0816. The summed E-state index contributed by atoms with van der Waals surface area (Å²) >= 11 is 5.58. The summed E-state index contributed by atoms with van der Waals surface area (Å²) in [5.41, 5.74) is 0.201. The third-order valence-electron chi connectivity index (χ3n) is 2.96. The topological polar surface area (TPSA) is 91.6 Å². The van der Waals surface area contributed by atoms with Gasteiger partial charge in [-0.05, 0) is 36.8 Å². The highest BCUT2D eigenvalue weighted by atomic mass is 35.5. The van der Waals surface area contributed by atoms with Crippen LogP contribution in [0.15, 0.2) is 41.0 Å². The molecule has 0 aliphatic carbocycles. The van der Waals surface area contributed by atoms with Gasteiger partial charge in [-0.15, -0.1) is 0 Å². The van der Waals surface area contributed by atoms with E-state index in [4.69, 9.17) is 16.0 Å². The Kier molecular flexibility index (Phi) is 5.72. The van der Waals surface area contributed by atoms with Crippen molar-refractivity contribution in [2.45, 2.75) is 12.5 Å². The zero-order valence-corrected chi connectivity index (χ0v) is 12.6. The summed E-state index contributed by atoms with van der Waals surface area (Å²) in [6.07, 6.45) is 0.747. The number of aliphatic hydroxyl groups is 1. The molecule has 0 fully saturated rings. The lowest BCUT2D eigenvalue weighted by atomic mass is 10.2. The average molecular weight is 341 g/mol. The average Bonchev–Trinajstić information content (AvgIpc) is 3.05. The third kappa shape index (κ3) is 4.80. The number of nitrogens with one attached hydrogen (secondary N) is 2. The number of benzene rings is 1. The van der Waals surface area contributed by atoms with Gasteiger partial charge in [-0.2, -0.15) is 0 Å². The van der Waals surface area contributed by atoms with Gasteiger partial charge in [-0.3, -0.25) is 9.59 Å². The number of amides is 2. The second kappa shape index (κ2) is 7.75. The smallest absolute Gasteiger partial charge is 0.313 e. The molecule has 0 saturated heterocycles. The molecular weight excluding hydrogens is 327 g/mol. The van der Waals surface area contributed by atoms with Crippen molar-refractivity contribution in [2.24, 2.45) is 0 Å². The van der Waals surface area contributed by atoms with Crippen LogP contribution >= 0.6 is 11.6 Å². The van der Waals surface area contributed by atoms with E-state index in [9.17, 15) is 19.1 Å². The first-order chi connectivity index (χ1) is 11.0. The first-order valence-electron chi connectivity index (χ1n) is 6.73. The molecule has 2 rings (SSSR count). The molecule has 8 heteroatoms. The Balaban J connectivity index is 1.78. The van der Waals surface area contributed by atoms with Crippen LogP contribution in [0.3, 0.4) is 0 Å². The molecule has 2 amide bonds. The van der Waals surface area contributed by atoms with Gasteiger partial charge in [0.15, 0.2) is 0 Å². The second-order valence-electron chi connectivity index (χ2n) is 4.66. The van der Waals surface area contributed by atoms with E-state index >= 15 is 0 Å². The van der Waals surface area contributed by atoms with Crippen LogP contribution in [-0.2, 0) is 9.59 Å². The van der Waals surface area contributed by atoms with Crippen LogP contribution in [0.4, 0.5) is 10.1 Å². The molecule has 122 valence electrons. The fraction of sp³-hybridized carbons (Fsp3) is 0.200. The molecule has 6 nitrogen and oxygen atoms in total. The highest BCUT2D eigenvalue weighted by Gasteiger charge is 2.16. The summed E-state index contributed by atoms with van der Waals surface area (Å²) in [5.74, 6) is -2.04. The van der Waals surface area contributed by atoms with Gasteiger partial charge >= 0.3 is 11.8 Å². The standard InChI is InChI=1S/C15H14ClFN2O4/c16-10-8-9(3-4-11(10)17)19-15(22)14(21)18-6-5-12(20)13-2-1-7-23-13/h1-4,7-8,12,20H,5-6H2,(H,18,21)(H,19,22)/t12-/m1/s1. The largest absolute Gasteiger partial charge is 0.467 e. The van der Waals surface area contributed by atoms with Crippen molar-refractivity contribution in [3.63, 3.8) is 0 Å². The van der Waals surface area contributed by atoms with Gasteiger partial charge in [-0.25, -0.2) is 4.39 Å². The highest BCUT2D eigenvalue weighted by molar-refractivity contribution is 6.39. The molecule has 0 radical (unpaired) electrons. The monoisotopic (exact) mass is 340 g/mol. The molecule has 0 bridgehead atoms. The number of furan rings is 1. The summed E-state index contributed by atoms with van der Waals surface area (Å²) in [6, 6.07) is 6.81. The van der Waals surface area contributed by atoms with E-state index in [1.54, 1.807) is 12.1 Å². The first-order valence-corrected chi connectivity index (χ1v) is 7.11. The molecule has 1 aromatic carbocycles. The molecule has 1 heterocycles. The lowest BCUT2D eigenvalue weighted by Gasteiger charge is -2.09. The minimum Gasteiger partial charge on any atom is -0.467 e. The lowest BCUT2D eigenvalue weighted by Crippen LogP contribution is -2.36. The second-order valence-corrected chi connectivity index (χ2v) is 5.07. The third-order valence-corrected chi connectivity index (χ3v) is 3.25. The van der Waals surface area contributed by atoms with E-state index in [-0.39, 0.29) is 23.7 Å². The number of anilines is 1. The predicted molar refractivity (Wildman–Crippen MR) is 81.3 cm³/mol. The first kappa shape index (κ1) is 17.0. The van der Waals surface area contributed by atoms with Gasteiger partial charge in [0, 0.05) is 12.2 Å². The van der Waals surface area contributed by atoms with Gasteiger partial charge in [0.25, 0.3) is 0 Å². The van der Waals surface area contributed by atoms with Crippen molar-refractivity contribution in [1.82, 2.24) is 5.32 Å². The normalized spacial score (nSPS) is 11.8. The summed E-state index contributed by atoms with van der Waals surface area (Å²) in [6.45, 7) is 0.0816. The Morgan fingerprint density at radius 3 is 2.74 bits per heavy atom. The molecule has 1 atom stereocenters. The van der Waals surface area contributed by atoms with Crippen LogP contribution in [0.25, 0.3) is 0 Å². The van der Waals surface area contributed by atoms with Crippen LogP contribution in [0.1, 0.15) is 18.3 Å². The van der Waals surface area contributed by atoms with E-state index in [1.807, 2.05) is 0 Å². The van der Waals surface area contributed by atoms with E-state index in [2.05, 4.69) is 10.6 Å². The van der Waals surface area contributed by atoms with Gasteiger partial charge < -0.3 is 20.2 Å². The number of hydrogen-bond acceptors (Lipinski definition) is 4. The number of hydrogen-bond donors (Lipinski definition) is 3. The maximum absolute atomic E-state index is 13.0. The van der Waals surface area contributed by atoms with Gasteiger partial charge in [0.1, 0.15) is 17.7 Å². The zero-order valence-electron chi connectivity index (χ0n) is 11.9. The molecule has 23 heavy (non-hydrogen) atoms. The zero-order chi connectivity index (χ0) is 16.8. The van der Waals surface area contributed by atoms with Crippen molar-refractivity contribution >= 4 is 29.1 Å². The summed E-state index contributed by atoms with van der Waals surface area (Å²) in [4.78, 5) is 23.3. The Hall–Kier alpha value is -2.38. The number of carbonyl (C=O) groups excluding carboxylic acids is 2. The maximum Gasteiger partial charge on any atom is 0.313 e. The number of rotatable bonds is 5. The summed E-state index contributed by atoms with van der Waals surface area (Å²) in [7, 11) is 0. The Morgan fingerprint density at radius 1 is 1.30 bits per heavy atom. The van der Waals surface area contributed by atoms with Crippen LogP contribution in [0, 0.1) is 5.82 Å².